The van der Waals surface area contributed by atoms with Crippen LogP contribution in [0.5, 0.6) is 0 Å². The minimum Gasteiger partial charge on any atom is -0.381 e. The molecular weight excluding hydrogens is 456 g/mol. The van der Waals surface area contributed by atoms with Crippen molar-refractivity contribution in [2.75, 3.05) is 29.8 Å². The van der Waals surface area contributed by atoms with E-state index in [1.165, 1.54) is 4.31 Å². The Morgan fingerprint density at radius 3 is 2.55 bits per heavy atom. The minimum absolute atomic E-state index is 0.148. The molecule has 2 aromatic carbocycles. The highest BCUT2D eigenvalue weighted by molar-refractivity contribution is 9.10. The Hall–Kier alpha value is -1.90. The van der Waals surface area contributed by atoms with Crippen molar-refractivity contribution in [3.63, 3.8) is 0 Å². The number of nitrogens with one attached hydrogen (secondary N) is 1. The van der Waals surface area contributed by atoms with Gasteiger partial charge in [0, 0.05) is 29.8 Å². The molecule has 29 heavy (non-hydrogen) atoms. The summed E-state index contributed by atoms with van der Waals surface area (Å²) in [7, 11) is -3.29. The maximum Gasteiger partial charge on any atom is 0.252 e. The number of carbonyl (C=O) groups excluding carboxylic acids is 1. The lowest BCUT2D eigenvalue weighted by atomic mass is 9.82. The predicted octanol–water partition coefficient (Wildman–Crippen LogP) is 3.42. The average Bonchev–Trinajstić information content (AvgIpc) is 3.08. The number of benzene rings is 2. The van der Waals surface area contributed by atoms with Gasteiger partial charge in [0.15, 0.2) is 0 Å². The molecule has 2 saturated heterocycles. The van der Waals surface area contributed by atoms with Crippen LogP contribution in [0, 0.1) is 0 Å². The second kappa shape index (κ2) is 8.08. The molecule has 0 unspecified atom stereocenters. The zero-order valence-electron chi connectivity index (χ0n) is 15.9. The second-order valence-electron chi connectivity index (χ2n) is 7.45. The summed E-state index contributed by atoms with van der Waals surface area (Å²) in [5.41, 5.74) is 1.50. The van der Waals surface area contributed by atoms with Crippen molar-refractivity contribution >= 4 is 37.5 Å². The molecule has 2 fully saturated rings. The number of hydrogen-bond acceptors (Lipinski definition) is 4. The van der Waals surface area contributed by atoms with E-state index in [2.05, 4.69) is 21.2 Å². The fourth-order valence-electron chi connectivity index (χ4n) is 4.01. The molecule has 1 amide bonds. The van der Waals surface area contributed by atoms with Gasteiger partial charge in [-0.15, -0.1) is 0 Å². The van der Waals surface area contributed by atoms with E-state index in [-0.39, 0.29) is 11.7 Å². The number of hydrogen-bond donors (Lipinski definition) is 1. The van der Waals surface area contributed by atoms with Crippen LogP contribution in [0.3, 0.4) is 0 Å². The van der Waals surface area contributed by atoms with Gasteiger partial charge >= 0.3 is 0 Å². The lowest BCUT2D eigenvalue weighted by molar-refractivity contribution is 0.0345. The summed E-state index contributed by atoms with van der Waals surface area (Å²) in [5.74, 6) is -0.0691. The van der Waals surface area contributed by atoms with Gasteiger partial charge in [0.2, 0.25) is 10.0 Å². The van der Waals surface area contributed by atoms with Crippen molar-refractivity contribution in [3.05, 3.63) is 64.1 Å². The number of carbonyl (C=O) groups is 1. The number of nitrogens with zero attached hydrogens (tertiary/aromatic N) is 1. The Morgan fingerprint density at radius 1 is 1.10 bits per heavy atom. The molecule has 0 aromatic heterocycles. The second-order valence-corrected chi connectivity index (χ2v) is 10.4. The number of anilines is 1. The summed E-state index contributed by atoms with van der Waals surface area (Å²) in [5, 5.41) is 3.22. The number of ether oxygens (including phenoxy) is 1. The zero-order valence-corrected chi connectivity index (χ0v) is 18.3. The Balaban J connectivity index is 1.63. The maximum absolute atomic E-state index is 13.2. The van der Waals surface area contributed by atoms with Crippen LogP contribution in [0.2, 0.25) is 0 Å². The van der Waals surface area contributed by atoms with E-state index < -0.39 is 15.6 Å². The molecule has 0 atom stereocenters. The highest BCUT2D eigenvalue weighted by Gasteiger charge is 2.36. The molecule has 2 aliphatic heterocycles. The Morgan fingerprint density at radius 2 is 1.86 bits per heavy atom. The Labute approximate surface area is 179 Å². The lowest BCUT2D eigenvalue weighted by Gasteiger charge is -2.38. The SMILES string of the molecule is O=C(NC1(c2cccc(Br)c2)CCOCC1)c1cccc(N2CCCS2(=O)=O)c1. The highest BCUT2D eigenvalue weighted by Crippen LogP contribution is 2.34. The van der Waals surface area contributed by atoms with Gasteiger partial charge in [-0.1, -0.05) is 34.1 Å². The van der Waals surface area contributed by atoms with E-state index in [4.69, 9.17) is 4.74 Å². The molecule has 0 spiro atoms. The van der Waals surface area contributed by atoms with E-state index in [1.54, 1.807) is 24.3 Å². The Kier molecular flexibility index (Phi) is 5.68. The fourth-order valence-corrected chi connectivity index (χ4v) is 5.97. The van der Waals surface area contributed by atoms with Crippen LogP contribution in [-0.2, 0) is 20.3 Å². The van der Waals surface area contributed by atoms with Crippen LogP contribution in [0.15, 0.2) is 53.0 Å². The van der Waals surface area contributed by atoms with E-state index in [0.29, 0.717) is 50.3 Å². The van der Waals surface area contributed by atoms with E-state index >= 15 is 0 Å². The normalized spacial score (nSPS) is 20.4. The smallest absolute Gasteiger partial charge is 0.252 e. The van der Waals surface area contributed by atoms with Gasteiger partial charge in [-0.2, -0.15) is 0 Å². The van der Waals surface area contributed by atoms with Crippen molar-refractivity contribution in [1.82, 2.24) is 5.32 Å². The van der Waals surface area contributed by atoms with Gasteiger partial charge in [0.1, 0.15) is 0 Å². The number of rotatable bonds is 4. The monoisotopic (exact) mass is 478 g/mol. The summed E-state index contributed by atoms with van der Waals surface area (Å²) < 4.78 is 32.4. The van der Waals surface area contributed by atoms with Crippen LogP contribution < -0.4 is 9.62 Å². The van der Waals surface area contributed by atoms with Crippen LogP contribution in [-0.4, -0.2) is 39.8 Å². The zero-order chi connectivity index (χ0) is 20.5. The summed E-state index contributed by atoms with van der Waals surface area (Å²) in [4.78, 5) is 13.2. The lowest BCUT2D eigenvalue weighted by Crippen LogP contribution is -2.49. The van der Waals surface area contributed by atoms with E-state index in [0.717, 1.165) is 10.0 Å². The molecule has 1 N–H and O–H groups in total. The van der Waals surface area contributed by atoms with E-state index in [9.17, 15) is 13.2 Å². The topological polar surface area (TPSA) is 75.7 Å². The van der Waals surface area contributed by atoms with Crippen molar-refractivity contribution in [2.45, 2.75) is 24.8 Å². The first-order valence-electron chi connectivity index (χ1n) is 9.66. The summed E-state index contributed by atoms with van der Waals surface area (Å²) in [6.07, 6.45) is 1.95. The first-order chi connectivity index (χ1) is 13.9. The van der Waals surface area contributed by atoms with Gasteiger partial charge in [0.25, 0.3) is 5.91 Å². The fraction of sp³-hybridized carbons (Fsp3) is 0.381. The van der Waals surface area contributed by atoms with Crippen LogP contribution in [0.25, 0.3) is 0 Å². The van der Waals surface area contributed by atoms with Crippen molar-refractivity contribution < 1.29 is 17.9 Å². The quantitative estimate of drug-likeness (QED) is 0.730. The maximum atomic E-state index is 13.2. The molecule has 154 valence electrons. The third-order valence-corrected chi connectivity index (χ3v) is 7.93. The van der Waals surface area contributed by atoms with Crippen LogP contribution >= 0.6 is 15.9 Å². The van der Waals surface area contributed by atoms with Crippen LogP contribution in [0.4, 0.5) is 5.69 Å². The Bertz CT molecular complexity index is 1020. The largest absolute Gasteiger partial charge is 0.381 e. The van der Waals surface area contributed by atoms with Gasteiger partial charge in [0.05, 0.1) is 17.0 Å². The predicted molar refractivity (Wildman–Crippen MR) is 116 cm³/mol. The standard InChI is InChI=1S/C21H23BrN2O4S/c22-18-6-2-5-17(15-18)21(8-11-28-12-9-21)23-20(25)16-4-1-7-19(14-16)24-10-3-13-29(24,26)27/h1-2,4-7,14-15H,3,8-13H2,(H,23,25). The summed E-state index contributed by atoms with van der Waals surface area (Å²) in [6, 6.07) is 14.8. The van der Waals surface area contributed by atoms with Crippen molar-refractivity contribution in [2.24, 2.45) is 0 Å². The molecule has 2 aliphatic rings. The number of halogens is 1. The number of sulfonamides is 1. The molecule has 4 rings (SSSR count). The molecule has 8 heteroatoms. The average molecular weight is 479 g/mol. The molecule has 2 aromatic rings. The van der Waals surface area contributed by atoms with Crippen molar-refractivity contribution in [3.8, 4) is 0 Å². The molecule has 0 saturated carbocycles. The van der Waals surface area contributed by atoms with Gasteiger partial charge in [-0.25, -0.2) is 8.42 Å². The molecule has 0 bridgehead atoms. The first kappa shape index (κ1) is 20.4. The highest BCUT2D eigenvalue weighted by atomic mass is 79.9. The summed E-state index contributed by atoms with van der Waals surface area (Å²) >= 11 is 3.52. The first-order valence-corrected chi connectivity index (χ1v) is 12.1. The van der Waals surface area contributed by atoms with Crippen LogP contribution in [0.1, 0.15) is 35.2 Å². The number of amides is 1. The molecule has 2 heterocycles. The third kappa shape index (κ3) is 4.20. The molecule has 0 radical (unpaired) electrons. The molecule has 6 nitrogen and oxygen atoms in total. The molecular formula is C21H23BrN2O4S. The summed E-state index contributed by atoms with van der Waals surface area (Å²) in [6.45, 7) is 1.59. The third-order valence-electron chi connectivity index (χ3n) is 5.57. The van der Waals surface area contributed by atoms with E-state index in [1.807, 2.05) is 24.3 Å². The van der Waals surface area contributed by atoms with Gasteiger partial charge in [-0.05, 0) is 55.2 Å². The minimum atomic E-state index is -3.29. The van der Waals surface area contributed by atoms with Gasteiger partial charge in [-0.3, -0.25) is 9.10 Å². The van der Waals surface area contributed by atoms with Gasteiger partial charge < -0.3 is 10.1 Å². The molecule has 0 aliphatic carbocycles. The van der Waals surface area contributed by atoms with Crippen molar-refractivity contribution in [1.29, 1.82) is 0 Å².